The molecule has 1 saturated heterocycles. The van der Waals surface area contributed by atoms with E-state index in [1.807, 2.05) is 4.90 Å². The summed E-state index contributed by atoms with van der Waals surface area (Å²) in [5.74, 6) is -0.483. The molecule has 1 heterocycles. The summed E-state index contributed by atoms with van der Waals surface area (Å²) in [6.07, 6.45) is -0.0200. The van der Waals surface area contributed by atoms with E-state index in [4.69, 9.17) is 10.5 Å². The van der Waals surface area contributed by atoms with Gasteiger partial charge in [0.15, 0.2) is 0 Å². The lowest BCUT2D eigenvalue weighted by Gasteiger charge is -2.31. The highest BCUT2D eigenvalue weighted by molar-refractivity contribution is 5.92. The minimum Gasteiger partial charge on any atom is -0.374 e. The molecular formula is C14H21ClFN3O2. The number of nitrogens with two attached hydrogens (primary N) is 1. The Morgan fingerprint density at radius 2 is 2.33 bits per heavy atom. The lowest BCUT2D eigenvalue weighted by Crippen LogP contribution is -2.48. The van der Waals surface area contributed by atoms with E-state index in [1.54, 1.807) is 19.1 Å². The predicted octanol–water partition coefficient (Wildman–Crippen LogP) is 1.15. The molecule has 3 N–H and O–H groups in total. The van der Waals surface area contributed by atoms with Gasteiger partial charge in [0, 0.05) is 25.3 Å². The lowest BCUT2D eigenvalue weighted by molar-refractivity contribution is -0.119. The summed E-state index contributed by atoms with van der Waals surface area (Å²) >= 11 is 0. The fourth-order valence-electron chi connectivity index (χ4n) is 2.14. The van der Waals surface area contributed by atoms with Gasteiger partial charge in [0.25, 0.3) is 0 Å². The first-order valence-electron chi connectivity index (χ1n) is 6.68. The molecule has 1 amide bonds. The van der Waals surface area contributed by atoms with Gasteiger partial charge in [-0.1, -0.05) is 6.07 Å². The van der Waals surface area contributed by atoms with Gasteiger partial charge in [0.1, 0.15) is 5.82 Å². The number of anilines is 1. The molecule has 118 valence electrons. The standard InChI is InChI=1S/C14H20FN3O2.ClH/c1-10-2-3-11(6-13(10)15)17-14(19)9-18-4-5-20-12(7-16)8-18;/h2-3,6,12H,4-5,7-9,16H2,1H3,(H,17,19);1H. The van der Waals surface area contributed by atoms with Crippen LogP contribution in [0.4, 0.5) is 10.1 Å². The van der Waals surface area contributed by atoms with Crippen molar-refractivity contribution >= 4 is 24.0 Å². The summed E-state index contributed by atoms with van der Waals surface area (Å²) in [6.45, 7) is 4.31. The summed E-state index contributed by atoms with van der Waals surface area (Å²) < 4.78 is 18.8. The second-order valence-electron chi connectivity index (χ2n) is 4.98. The summed E-state index contributed by atoms with van der Waals surface area (Å²) in [6, 6.07) is 4.66. The molecule has 0 saturated carbocycles. The van der Waals surface area contributed by atoms with Crippen molar-refractivity contribution < 1.29 is 13.9 Å². The van der Waals surface area contributed by atoms with Crippen LogP contribution >= 0.6 is 12.4 Å². The molecule has 2 rings (SSSR count). The Kier molecular flexibility index (Phi) is 7.04. The SMILES string of the molecule is Cc1ccc(NC(=O)CN2CCOC(CN)C2)cc1F.Cl. The van der Waals surface area contributed by atoms with E-state index in [0.717, 1.165) is 0 Å². The zero-order valence-corrected chi connectivity index (χ0v) is 12.8. The van der Waals surface area contributed by atoms with Crippen LogP contribution in [0.2, 0.25) is 0 Å². The smallest absolute Gasteiger partial charge is 0.238 e. The fourth-order valence-corrected chi connectivity index (χ4v) is 2.14. The van der Waals surface area contributed by atoms with Crippen molar-refractivity contribution in [2.45, 2.75) is 13.0 Å². The molecule has 5 nitrogen and oxygen atoms in total. The van der Waals surface area contributed by atoms with Crippen molar-refractivity contribution in [2.75, 3.05) is 38.1 Å². The molecule has 0 spiro atoms. The molecule has 1 unspecified atom stereocenters. The fraction of sp³-hybridized carbons (Fsp3) is 0.500. The quantitative estimate of drug-likeness (QED) is 0.874. The van der Waals surface area contributed by atoms with Gasteiger partial charge in [-0.3, -0.25) is 9.69 Å². The Hall–Kier alpha value is -1.21. The first kappa shape index (κ1) is 17.8. The van der Waals surface area contributed by atoms with E-state index < -0.39 is 0 Å². The summed E-state index contributed by atoms with van der Waals surface area (Å²) in [5.41, 5.74) is 6.59. The largest absolute Gasteiger partial charge is 0.374 e. The van der Waals surface area contributed by atoms with E-state index >= 15 is 0 Å². The Morgan fingerprint density at radius 1 is 1.57 bits per heavy atom. The minimum absolute atomic E-state index is 0. The second kappa shape index (κ2) is 8.29. The van der Waals surface area contributed by atoms with Crippen LogP contribution in [0.1, 0.15) is 5.56 Å². The van der Waals surface area contributed by atoms with Gasteiger partial charge in [0.05, 0.1) is 19.3 Å². The highest BCUT2D eigenvalue weighted by Gasteiger charge is 2.21. The van der Waals surface area contributed by atoms with Crippen molar-refractivity contribution in [1.29, 1.82) is 0 Å². The van der Waals surface area contributed by atoms with Crippen LogP contribution in [-0.2, 0) is 9.53 Å². The topological polar surface area (TPSA) is 67.6 Å². The average Bonchev–Trinajstić information content (AvgIpc) is 2.43. The van der Waals surface area contributed by atoms with Gasteiger partial charge in [-0.05, 0) is 24.6 Å². The number of carbonyl (C=O) groups is 1. The molecule has 0 aromatic heterocycles. The number of hydrogen-bond acceptors (Lipinski definition) is 4. The molecule has 0 aliphatic carbocycles. The van der Waals surface area contributed by atoms with Gasteiger partial charge < -0.3 is 15.8 Å². The first-order valence-corrected chi connectivity index (χ1v) is 6.68. The molecule has 21 heavy (non-hydrogen) atoms. The third kappa shape index (κ3) is 5.24. The van der Waals surface area contributed by atoms with Crippen molar-refractivity contribution in [3.63, 3.8) is 0 Å². The molecule has 1 aromatic carbocycles. The molecule has 1 aliphatic heterocycles. The van der Waals surface area contributed by atoms with Gasteiger partial charge in [0.2, 0.25) is 5.91 Å². The molecule has 7 heteroatoms. The van der Waals surface area contributed by atoms with Crippen molar-refractivity contribution in [2.24, 2.45) is 5.73 Å². The van der Waals surface area contributed by atoms with E-state index in [9.17, 15) is 9.18 Å². The number of nitrogens with one attached hydrogen (secondary N) is 1. The Bertz CT molecular complexity index is 487. The van der Waals surface area contributed by atoms with Gasteiger partial charge in [-0.15, -0.1) is 12.4 Å². The molecule has 0 bridgehead atoms. The maximum Gasteiger partial charge on any atom is 0.238 e. The molecule has 1 fully saturated rings. The van der Waals surface area contributed by atoms with Crippen LogP contribution in [-0.4, -0.2) is 49.7 Å². The van der Waals surface area contributed by atoms with Crippen molar-refractivity contribution in [1.82, 2.24) is 4.90 Å². The Balaban J connectivity index is 0.00000220. The van der Waals surface area contributed by atoms with E-state index in [2.05, 4.69) is 5.32 Å². The number of morpholine rings is 1. The predicted molar refractivity (Wildman–Crippen MR) is 82.2 cm³/mol. The second-order valence-corrected chi connectivity index (χ2v) is 4.98. The molecule has 1 aliphatic rings. The van der Waals surface area contributed by atoms with Crippen LogP contribution in [0.3, 0.4) is 0 Å². The maximum atomic E-state index is 13.4. The number of rotatable bonds is 4. The summed E-state index contributed by atoms with van der Waals surface area (Å²) in [5, 5.41) is 2.70. The Labute approximate surface area is 130 Å². The van der Waals surface area contributed by atoms with Crippen LogP contribution in [0.5, 0.6) is 0 Å². The summed E-state index contributed by atoms with van der Waals surface area (Å²) in [4.78, 5) is 13.9. The van der Waals surface area contributed by atoms with E-state index in [1.165, 1.54) is 6.07 Å². The zero-order chi connectivity index (χ0) is 14.5. The lowest BCUT2D eigenvalue weighted by atomic mass is 10.2. The third-order valence-electron chi connectivity index (χ3n) is 3.31. The molecule has 0 radical (unpaired) electrons. The van der Waals surface area contributed by atoms with Crippen LogP contribution in [0, 0.1) is 12.7 Å². The minimum atomic E-state index is -0.322. The number of ether oxygens (including phenoxy) is 1. The van der Waals surface area contributed by atoms with E-state index in [0.29, 0.717) is 37.5 Å². The molecule has 1 aromatic rings. The number of halogens is 2. The van der Waals surface area contributed by atoms with Crippen LogP contribution < -0.4 is 11.1 Å². The monoisotopic (exact) mass is 317 g/mol. The van der Waals surface area contributed by atoms with Gasteiger partial charge in [-0.25, -0.2) is 4.39 Å². The van der Waals surface area contributed by atoms with Crippen molar-refractivity contribution in [3.8, 4) is 0 Å². The molecular weight excluding hydrogens is 297 g/mol. The Morgan fingerprint density at radius 3 is 3.00 bits per heavy atom. The van der Waals surface area contributed by atoms with E-state index in [-0.39, 0.29) is 36.8 Å². The number of aryl methyl sites for hydroxylation is 1. The van der Waals surface area contributed by atoms with Crippen LogP contribution in [0.25, 0.3) is 0 Å². The maximum absolute atomic E-state index is 13.4. The van der Waals surface area contributed by atoms with Gasteiger partial charge >= 0.3 is 0 Å². The first-order chi connectivity index (χ1) is 9.58. The number of hydrogen-bond donors (Lipinski definition) is 2. The summed E-state index contributed by atoms with van der Waals surface area (Å²) in [7, 11) is 0. The number of amides is 1. The van der Waals surface area contributed by atoms with Gasteiger partial charge in [-0.2, -0.15) is 0 Å². The third-order valence-corrected chi connectivity index (χ3v) is 3.31. The average molecular weight is 318 g/mol. The normalized spacial score (nSPS) is 18.9. The zero-order valence-electron chi connectivity index (χ0n) is 12.0. The highest BCUT2D eigenvalue weighted by atomic mass is 35.5. The van der Waals surface area contributed by atoms with Crippen molar-refractivity contribution in [3.05, 3.63) is 29.6 Å². The number of carbonyl (C=O) groups excluding carboxylic acids is 1. The molecule has 1 atom stereocenters. The number of benzene rings is 1. The number of nitrogens with zero attached hydrogens (tertiary/aromatic N) is 1. The highest BCUT2D eigenvalue weighted by Crippen LogP contribution is 2.13. The van der Waals surface area contributed by atoms with Crippen LogP contribution in [0.15, 0.2) is 18.2 Å².